The number of hydrazine groups is 1. The van der Waals surface area contributed by atoms with E-state index in [0.29, 0.717) is 11.1 Å². The minimum atomic E-state index is -0.245. The van der Waals surface area contributed by atoms with Crippen molar-refractivity contribution in [2.75, 3.05) is 5.75 Å². The third-order valence-corrected chi connectivity index (χ3v) is 2.37. The molecule has 0 aliphatic carbocycles. The lowest BCUT2D eigenvalue weighted by Crippen LogP contribution is -2.31. The van der Waals surface area contributed by atoms with Crippen LogP contribution in [0.1, 0.15) is 25.6 Å². The van der Waals surface area contributed by atoms with E-state index in [2.05, 4.69) is 15.2 Å². The first kappa shape index (κ1) is 11.0. The zero-order valence-corrected chi connectivity index (χ0v) is 8.89. The molecule has 0 saturated heterocycles. The second-order valence-electron chi connectivity index (χ2n) is 3.01. The highest BCUT2D eigenvalue weighted by Crippen LogP contribution is 2.15. The van der Waals surface area contributed by atoms with Gasteiger partial charge in [-0.25, -0.2) is 10.8 Å². The first-order chi connectivity index (χ1) is 6.63. The van der Waals surface area contributed by atoms with E-state index in [-0.39, 0.29) is 11.7 Å². The highest BCUT2D eigenvalue weighted by molar-refractivity contribution is 7.99. The molecule has 0 aliphatic rings. The van der Waals surface area contributed by atoms with Crippen LogP contribution in [-0.4, -0.2) is 26.8 Å². The van der Waals surface area contributed by atoms with Crippen molar-refractivity contribution >= 4 is 17.7 Å². The van der Waals surface area contributed by atoms with Crippen LogP contribution < -0.4 is 11.3 Å². The average Bonchev–Trinajstić information content (AvgIpc) is 2.62. The predicted octanol–water partition coefficient (Wildman–Crippen LogP) is 0.0101. The third-order valence-electron chi connectivity index (χ3n) is 1.52. The van der Waals surface area contributed by atoms with Crippen molar-refractivity contribution < 1.29 is 4.79 Å². The van der Waals surface area contributed by atoms with Gasteiger partial charge in [-0.1, -0.05) is 25.6 Å². The molecule has 0 unspecified atom stereocenters. The zero-order chi connectivity index (χ0) is 10.6. The molecule has 0 aliphatic heterocycles. The average molecular weight is 215 g/mol. The van der Waals surface area contributed by atoms with Crippen molar-refractivity contribution in [2.45, 2.75) is 24.9 Å². The minimum absolute atomic E-state index is 0.228. The Morgan fingerprint density at radius 3 is 2.93 bits per heavy atom. The minimum Gasteiger partial charge on any atom is -0.294 e. The number of nitrogens with one attached hydrogen (secondary N) is 2. The quantitative estimate of drug-likeness (QED) is 0.284. The summed E-state index contributed by atoms with van der Waals surface area (Å²) in [5.74, 6) is 6.04. The number of rotatable bonds is 4. The summed E-state index contributed by atoms with van der Waals surface area (Å²) >= 11 is 1.25. The van der Waals surface area contributed by atoms with E-state index in [1.54, 1.807) is 0 Å². The van der Waals surface area contributed by atoms with Gasteiger partial charge < -0.3 is 0 Å². The first-order valence-corrected chi connectivity index (χ1v) is 5.16. The Labute approximate surface area is 86.0 Å². The molecule has 7 heteroatoms. The fraction of sp³-hybridized carbons (Fsp3) is 0.571. The molecule has 1 heterocycles. The Morgan fingerprint density at radius 1 is 1.71 bits per heavy atom. The summed E-state index contributed by atoms with van der Waals surface area (Å²) in [6.45, 7) is 4.03. The highest BCUT2D eigenvalue weighted by Gasteiger charge is 2.08. The molecule has 14 heavy (non-hydrogen) atoms. The van der Waals surface area contributed by atoms with Crippen LogP contribution >= 0.6 is 11.8 Å². The number of nitrogens with two attached hydrogens (primary N) is 1. The van der Waals surface area contributed by atoms with Gasteiger partial charge in [-0.05, 0) is 0 Å². The Kier molecular flexibility index (Phi) is 3.90. The van der Waals surface area contributed by atoms with Gasteiger partial charge in [0.25, 0.3) is 0 Å². The number of hydrogen-bond donors (Lipinski definition) is 3. The maximum atomic E-state index is 10.8. The number of H-pyrrole nitrogens is 1. The van der Waals surface area contributed by atoms with E-state index in [1.165, 1.54) is 11.8 Å². The Hall–Kier alpha value is -1.08. The van der Waals surface area contributed by atoms with Gasteiger partial charge in [-0.15, -0.1) is 5.10 Å². The number of aromatic nitrogens is 3. The SMILES string of the molecule is CC(C)c1nc(SCC(=O)NN)n[nH]1. The summed E-state index contributed by atoms with van der Waals surface area (Å²) in [5, 5.41) is 7.32. The molecule has 78 valence electrons. The largest absolute Gasteiger partial charge is 0.294 e. The van der Waals surface area contributed by atoms with Crippen LogP contribution in [0.2, 0.25) is 0 Å². The maximum Gasteiger partial charge on any atom is 0.244 e. The van der Waals surface area contributed by atoms with Gasteiger partial charge in [-0.2, -0.15) is 0 Å². The molecule has 0 fully saturated rings. The monoisotopic (exact) mass is 215 g/mol. The molecule has 1 rings (SSSR count). The molecule has 0 aromatic carbocycles. The van der Waals surface area contributed by atoms with Crippen LogP contribution in [0, 0.1) is 0 Å². The van der Waals surface area contributed by atoms with E-state index in [9.17, 15) is 4.79 Å². The van der Waals surface area contributed by atoms with E-state index in [1.807, 2.05) is 19.3 Å². The Balaban J connectivity index is 2.48. The lowest BCUT2D eigenvalue weighted by molar-refractivity contribution is -0.118. The zero-order valence-electron chi connectivity index (χ0n) is 8.07. The molecule has 1 amide bonds. The third kappa shape index (κ3) is 3.00. The van der Waals surface area contributed by atoms with Gasteiger partial charge in [0.05, 0.1) is 5.75 Å². The first-order valence-electron chi connectivity index (χ1n) is 4.18. The van der Waals surface area contributed by atoms with Crippen LogP contribution in [0.15, 0.2) is 5.16 Å². The van der Waals surface area contributed by atoms with Crippen LogP contribution in [0.5, 0.6) is 0 Å². The summed E-state index contributed by atoms with van der Waals surface area (Å²) < 4.78 is 0. The molecule has 1 aromatic heterocycles. The molecule has 0 atom stereocenters. The van der Waals surface area contributed by atoms with Crippen LogP contribution in [0.3, 0.4) is 0 Å². The molecular weight excluding hydrogens is 202 g/mol. The Bertz CT molecular complexity index is 311. The van der Waals surface area contributed by atoms with Gasteiger partial charge in [0.2, 0.25) is 11.1 Å². The molecule has 6 nitrogen and oxygen atoms in total. The second-order valence-corrected chi connectivity index (χ2v) is 3.96. The summed E-state index contributed by atoms with van der Waals surface area (Å²) in [5.41, 5.74) is 2.04. The van der Waals surface area contributed by atoms with E-state index in [0.717, 1.165) is 5.82 Å². The molecule has 0 spiro atoms. The second kappa shape index (κ2) is 4.97. The van der Waals surface area contributed by atoms with Crippen molar-refractivity contribution in [3.63, 3.8) is 0 Å². The predicted molar refractivity (Wildman–Crippen MR) is 53.5 cm³/mol. The van der Waals surface area contributed by atoms with E-state index < -0.39 is 0 Å². The van der Waals surface area contributed by atoms with E-state index >= 15 is 0 Å². The summed E-state index contributed by atoms with van der Waals surface area (Å²) in [4.78, 5) is 15.0. The number of nitrogens with zero attached hydrogens (tertiary/aromatic N) is 2. The van der Waals surface area contributed by atoms with Crippen molar-refractivity contribution in [1.29, 1.82) is 0 Å². The van der Waals surface area contributed by atoms with Gasteiger partial charge in [0, 0.05) is 5.92 Å². The van der Waals surface area contributed by atoms with Gasteiger partial charge in [0.1, 0.15) is 5.82 Å². The van der Waals surface area contributed by atoms with Crippen LogP contribution in [0.4, 0.5) is 0 Å². The fourth-order valence-corrected chi connectivity index (χ4v) is 1.37. The van der Waals surface area contributed by atoms with E-state index in [4.69, 9.17) is 5.84 Å². The van der Waals surface area contributed by atoms with Crippen molar-refractivity contribution in [1.82, 2.24) is 20.6 Å². The van der Waals surface area contributed by atoms with Crippen molar-refractivity contribution in [3.8, 4) is 0 Å². The number of aromatic amines is 1. The van der Waals surface area contributed by atoms with Gasteiger partial charge in [0.15, 0.2) is 0 Å². The number of carbonyl (C=O) groups is 1. The molecule has 0 bridgehead atoms. The molecular formula is C7H13N5OS. The fourth-order valence-electron chi connectivity index (χ4n) is 0.753. The molecule has 0 radical (unpaired) electrons. The van der Waals surface area contributed by atoms with Crippen molar-refractivity contribution in [3.05, 3.63) is 5.82 Å². The summed E-state index contributed by atoms with van der Waals surface area (Å²) in [6.07, 6.45) is 0. The number of thioether (sulfide) groups is 1. The standard InChI is InChI=1S/C7H13N5OS/c1-4(2)6-9-7(12-11-6)14-3-5(13)10-8/h4H,3,8H2,1-2H3,(H,10,13)(H,9,11,12). The topological polar surface area (TPSA) is 96.7 Å². The summed E-state index contributed by atoms with van der Waals surface area (Å²) in [7, 11) is 0. The number of amides is 1. The van der Waals surface area contributed by atoms with Crippen molar-refractivity contribution in [2.24, 2.45) is 5.84 Å². The highest BCUT2D eigenvalue weighted by atomic mass is 32.2. The Morgan fingerprint density at radius 2 is 2.43 bits per heavy atom. The molecule has 4 N–H and O–H groups in total. The normalized spacial score (nSPS) is 10.6. The maximum absolute atomic E-state index is 10.8. The number of hydrogen-bond acceptors (Lipinski definition) is 5. The smallest absolute Gasteiger partial charge is 0.244 e. The lowest BCUT2D eigenvalue weighted by Gasteiger charge is -1.96. The van der Waals surface area contributed by atoms with Crippen LogP contribution in [0.25, 0.3) is 0 Å². The molecule has 1 aromatic rings. The molecule has 0 saturated carbocycles. The summed E-state index contributed by atoms with van der Waals surface area (Å²) in [6, 6.07) is 0. The lowest BCUT2D eigenvalue weighted by atomic mass is 10.2. The number of carbonyl (C=O) groups excluding carboxylic acids is 1. The van der Waals surface area contributed by atoms with Crippen LogP contribution in [-0.2, 0) is 4.79 Å². The van der Waals surface area contributed by atoms with Gasteiger partial charge >= 0.3 is 0 Å². The van der Waals surface area contributed by atoms with Gasteiger partial charge in [-0.3, -0.25) is 15.3 Å².